The molecule has 0 spiro atoms. The number of nitrogens with one attached hydrogen (secondary N) is 2. The minimum atomic E-state index is -0.471. The van der Waals surface area contributed by atoms with Crippen LogP contribution in [0.3, 0.4) is 0 Å². The molecular weight excluding hydrogens is 248 g/mol. The normalized spacial score (nSPS) is 13.3. The van der Waals surface area contributed by atoms with E-state index >= 15 is 0 Å². The van der Waals surface area contributed by atoms with Crippen molar-refractivity contribution < 1.29 is 19.1 Å². The van der Waals surface area contributed by atoms with Gasteiger partial charge in [0.05, 0.1) is 13.0 Å². The maximum absolute atomic E-state index is 11.9. The van der Waals surface area contributed by atoms with Gasteiger partial charge in [0.1, 0.15) is 0 Å². The van der Waals surface area contributed by atoms with Crippen LogP contribution in [0, 0.1) is 0 Å². The number of hydrogen-bond acceptors (Lipinski definition) is 4. The van der Waals surface area contributed by atoms with Gasteiger partial charge in [-0.05, 0) is 23.8 Å². The van der Waals surface area contributed by atoms with Gasteiger partial charge in [0.2, 0.25) is 5.91 Å². The SMILES string of the molecule is COC(CNC(=O)c1ccc2c(c1)CC(=O)N2)OC. The molecule has 1 aliphatic heterocycles. The lowest BCUT2D eigenvalue weighted by molar-refractivity contribution is -0.115. The van der Waals surface area contributed by atoms with Gasteiger partial charge >= 0.3 is 0 Å². The Kier molecular flexibility index (Phi) is 4.13. The molecule has 0 fully saturated rings. The van der Waals surface area contributed by atoms with Crippen molar-refractivity contribution in [1.82, 2.24) is 5.32 Å². The number of fused-ring (bicyclic) bond motifs is 1. The van der Waals surface area contributed by atoms with Crippen molar-refractivity contribution in [1.29, 1.82) is 0 Å². The summed E-state index contributed by atoms with van der Waals surface area (Å²) in [6, 6.07) is 5.13. The highest BCUT2D eigenvalue weighted by molar-refractivity contribution is 6.01. The second-order valence-corrected chi connectivity index (χ2v) is 4.21. The number of carbonyl (C=O) groups excluding carboxylic acids is 2. The van der Waals surface area contributed by atoms with Crippen LogP contribution >= 0.6 is 0 Å². The number of hydrogen-bond donors (Lipinski definition) is 2. The van der Waals surface area contributed by atoms with Crippen LogP contribution < -0.4 is 10.6 Å². The molecule has 2 amide bonds. The summed E-state index contributed by atoms with van der Waals surface area (Å²) in [5, 5.41) is 5.43. The van der Waals surface area contributed by atoms with E-state index in [1.54, 1.807) is 18.2 Å². The molecule has 1 aromatic carbocycles. The Morgan fingerprint density at radius 1 is 1.42 bits per heavy atom. The molecule has 0 radical (unpaired) electrons. The monoisotopic (exact) mass is 264 g/mol. The second kappa shape index (κ2) is 5.81. The zero-order valence-electron chi connectivity index (χ0n) is 10.9. The van der Waals surface area contributed by atoms with E-state index in [4.69, 9.17) is 9.47 Å². The lowest BCUT2D eigenvalue weighted by Gasteiger charge is -2.14. The summed E-state index contributed by atoms with van der Waals surface area (Å²) in [7, 11) is 3.01. The minimum absolute atomic E-state index is 0.0496. The third-order valence-corrected chi connectivity index (χ3v) is 2.95. The number of carbonyl (C=O) groups is 2. The minimum Gasteiger partial charge on any atom is -0.354 e. The van der Waals surface area contributed by atoms with Crippen molar-refractivity contribution in [3.05, 3.63) is 29.3 Å². The molecule has 1 aliphatic rings. The van der Waals surface area contributed by atoms with Crippen molar-refractivity contribution in [2.45, 2.75) is 12.7 Å². The van der Waals surface area contributed by atoms with Gasteiger partial charge in [-0.1, -0.05) is 0 Å². The van der Waals surface area contributed by atoms with Crippen LogP contribution in [0.25, 0.3) is 0 Å². The molecule has 0 saturated carbocycles. The van der Waals surface area contributed by atoms with Crippen LogP contribution in [-0.4, -0.2) is 38.9 Å². The Balaban J connectivity index is 2.01. The molecule has 19 heavy (non-hydrogen) atoms. The van der Waals surface area contributed by atoms with Crippen molar-refractivity contribution >= 4 is 17.5 Å². The van der Waals surface area contributed by atoms with Crippen LogP contribution in [0.5, 0.6) is 0 Å². The lowest BCUT2D eigenvalue weighted by Crippen LogP contribution is -2.34. The van der Waals surface area contributed by atoms with Gasteiger partial charge in [0, 0.05) is 25.5 Å². The number of ether oxygens (including phenoxy) is 2. The summed E-state index contributed by atoms with van der Waals surface area (Å²) in [5.41, 5.74) is 2.13. The molecule has 0 bridgehead atoms. The third-order valence-electron chi connectivity index (χ3n) is 2.95. The molecule has 2 rings (SSSR count). The maximum Gasteiger partial charge on any atom is 0.251 e. The Morgan fingerprint density at radius 2 is 2.16 bits per heavy atom. The molecule has 1 heterocycles. The molecule has 6 heteroatoms. The quantitative estimate of drug-likeness (QED) is 0.761. The molecule has 1 aromatic rings. The van der Waals surface area contributed by atoms with Gasteiger partial charge in [0.15, 0.2) is 6.29 Å². The molecule has 102 valence electrons. The molecular formula is C13H16N2O4. The third kappa shape index (κ3) is 3.10. The predicted molar refractivity (Wildman–Crippen MR) is 68.9 cm³/mol. The molecule has 6 nitrogen and oxygen atoms in total. The summed E-state index contributed by atoms with van der Waals surface area (Å²) < 4.78 is 9.96. The Hall–Kier alpha value is -1.92. The van der Waals surface area contributed by atoms with E-state index in [2.05, 4.69) is 10.6 Å². The highest BCUT2D eigenvalue weighted by Gasteiger charge is 2.19. The largest absolute Gasteiger partial charge is 0.354 e. The second-order valence-electron chi connectivity index (χ2n) is 4.21. The smallest absolute Gasteiger partial charge is 0.251 e. The predicted octanol–water partition coefficient (Wildman–Crippen LogP) is 0.530. The average Bonchev–Trinajstić information content (AvgIpc) is 2.78. The lowest BCUT2D eigenvalue weighted by atomic mass is 10.1. The van der Waals surface area contributed by atoms with Crippen molar-refractivity contribution in [2.24, 2.45) is 0 Å². The van der Waals surface area contributed by atoms with Crippen molar-refractivity contribution in [3.8, 4) is 0 Å². The standard InChI is InChI=1S/C13H16N2O4/c1-18-12(19-2)7-14-13(17)8-3-4-10-9(5-8)6-11(16)15-10/h3-5,12H,6-7H2,1-2H3,(H,14,17)(H,15,16). The first kappa shape index (κ1) is 13.5. The summed E-state index contributed by atoms with van der Waals surface area (Å²) in [5.74, 6) is -0.271. The van der Waals surface area contributed by atoms with Gasteiger partial charge < -0.3 is 20.1 Å². The van der Waals surface area contributed by atoms with E-state index in [1.807, 2.05) is 0 Å². The molecule has 0 saturated heterocycles. The number of benzene rings is 1. The van der Waals surface area contributed by atoms with Crippen LogP contribution in [0.15, 0.2) is 18.2 Å². The molecule has 0 aliphatic carbocycles. The van der Waals surface area contributed by atoms with Crippen LogP contribution in [0.2, 0.25) is 0 Å². The highest BCUT2D eigenvalue weighted by atomic mass is 16.7. The fourth-order valence-corrected chi connectivity index (χ4v) is 1.91. The first-order chi connectivity index (χ1) is 9.13. The molecule has 2 N–H and O–H groups in total. The number of rotatable bonds is 5. The number of methoxy groups -OCH3 is 2. The van der Waals surface area contributed by atoms with E-state index in [-0.39, 0.29) is 18.4 Å². The molecule has 0 aromatic heterocycles. The van der Waals surface area contributed by atoms with Gasteiger partial charge in [-0.15, -0.1) is 0 Å². The zero-order valence-corrected chi connectivity index (χ0v) is 10.9. The van der Waals surface area contributed by atoms with E-state index in [1.165, 1.54) is 14.2 Å². The van der Waals surface area contributed by atoms with E-state index in [0.29, 0.717) is 12.0 Å². The number of anilines is 1. The summed E-state index contributed by atoms with van der Waals surface area (Å²) in [4.78, 5) is 23.2. The molecule has 0 unspecified atom stereocenters. The van der Waals surface area contributed by atoms with Gasteiger partial charge in [-0.25, -0.2) is 0 Å². The number of amides is 2. The highest BCUT2D eigenvalue weighted by Crippen LogP contribution is 2.23. The Morgan fingerprint density at radius 3 is 2.84 bits per heavy atom. The first-order valence-electron chi connectivity index (χ1n) is 5.90. The summed E-state index contributed by atoms with van der Waals surface area (Å²) >= 11 is 0. The fraction of sp³-hybridized carbons (Fsp3) is 0.385. The summed E-state index contributed by atoms with van der Waals surface area (Å²) in [6.45, 7) is 0.264. The van der Waals surface area contributed by atoms with E-state index < -0.39 is 6.29 Å². The van der Waals surface area contributed by atoms with Gasteiger partial charge in [-0.2, -0.15) is 0 Å². The summed E-state index contributed by atoms with van der Waals surface area (Å²) in [6.07, 6.45) is -0.156. The topological polar surface area (TPSA) is 76.7 Å². The van der Waals surface area contributed by atoms with Crippen LogP contribution in [-0.2, 0) is 20.7 Å². The van der Waals surface area contributed by atoms with Crippen molar-refractivity contribution in [3.63, 3.8) is 0 Å². The fourth-order valence-electron chi connectivity index (χ4n) is 1.91. The molecule has 0 atom stereocenters. The zero-order chi connectivity index (χ0) is 13.8. The maximum atomic E-state index is 11.9. The van der Waals surface area contributed by atoms with Gasteiger partial charge in [0.25, 0.3) is 5.91 Å². The van der Waals surface area contributed by atoms with E-state index in [0.717, 1.165) is 11.3 Å². The van der Waals surface area contributed by atoms with Crippen molar-refractivity contribution in [2.75, 3.05) is 26.1 Å². The first-order valence-corrected chi connectivity index (χ1v) is 5.90. The van der Waals surface area contributed by atoms with E-state index in [9.17, 15) is 9.59 Å². The average molecular weight is 264 g/mol. The van der Waals surface area contributed by atoms with Crippen LogP contribution in [0.4, 0.5) is 5.69 Å². The van der Waals surface area contributed by atoms with Crippen LogP contribution in [0.1, 0.15) is 15.9 Å². The Labute approximate surface area is 111 Å². The Bertz CT molecular complexity index is 497. The van der Waals surface area contributed by atoms with Gasteiger partial charge in [-0.3, -0.25) is 9.59 Å².